The highest BCUT2D eigenvalue weighted by atomic mass is 16.1. The van der Waals surface area contributed by atoms with Crippen molar-refractivity contribution in [2.24, 2.45) is 0 Å². The molecule has 1 aromatic heterocycles. The number of imidazole rings is 1. The molecule has 0 radical (unpaired) electrons. The van der Waals surface area contributed by atoms with Gasteiger partial charge >= 0.3 is 0 Å². The molecule has 1 heterocycles. The number of nitriles is 1. The lowest BCUT2D eigenvalue weighted by atomic mass is 10.1. The summed E-state index contributed by atoms with van der Waals surface area (Å²) in [5, 5.41) is 11.8. The van der Waals surface area contributed by atoms with E-state index in [9.17, 15) is 4.79 Å². The smallest absolute Gasteiger partial charge is 0.228 e. The molecule has 0 atom stereocenters. The van der Waals surface area contributed by atoms with E-state index < -0.39 is 0 Å². The lowest BCUT2D eigenvalue weighted by molar-refractivity contribution is -0.115. The van der Waals surface area contributed by atoms with Crippen molar-refractivity contribution in [2.45, 2.75) is 13.3 Å². The first-order valence-electron chi connectivity index (χ1n) is 6.90. The van der Waals surface area contributed by atoms with Gasteiger partial charge in [-0.2, -0.15) is 5.26 Å². The number of hydrogen-bond donors (Lipinski definition) is 2. The van der Waals surface area contributed by atoms with Crippen LogP contribution in [0.3, 0.4) is 0 Å². The Bertz CT molecular complexity index is 889. The van der Waals surface area contributed by atoms with Crippen molar-refractivity contribution in [2.75, 3.05) is 5.32 Å². The minimum atomic E-state index is -0.154. The number of nitrogens with zero attached hydrogens (tertiary/aromatic N) is 2. The van der Waals surface area contributed by atoms with Crippen molar-refractivity contribution in [1.82, 2.24) is 9.97 Å². The fraction of sp³-hybridized carbons (Fsp3) is 0.118. The maximum absolute atomic E-state index is 12.1. The standard InChI is InChI=1S/C17H14N4O/c1-11-19-15-7-6-12(8-16(15)20-11)9-17(22)21-14-5-3-2-4-13(14)10-18/h2-8H,9H2,1H3,(H,19,20)(H,21,22). The molecule has 5 nitrogen and oxygen atoms in total. The molecule has 0 saturated heterocycles. The zero-order valence-corrected chi connectivity index (χ0v) is 12.1. The average Bonchev–Trinajstić information content (AvgIpc) is 2.87. The monoisotopic (exact) mass is 290 g/mol. The number of anilines is 1. The summed E-state index contributed by atoms with van der Waals surface area (Å²) in [5.41, 5.74) is 3.68. The number of aromatic nitrogens is 2. The average molecular weight is 290 g/mol. The SMILES string of the molecule is Cc1nc2ccc(CC(=O)Nc3ccccc3C#N)cc2[nH]1. The summed E-state index contributed by atoms with van der Waals surface area (Å²) in [4.78, 5) is 19.6. The van der Waals surface area contributed by atoms with Gasteiger partial charge in [0.15, 0.2) is 0 Å². The molecule has 2 aromatic carbocycles. The van der Waals surface area contributed by atoms with Gasteiger partial charge in [-0.3, -0.25) is 4.79 Å². The van der Waals surface area contributed by atoms with E-state index in [0.717, 1.165) is 22.4 Å². The lowest BCUT2D eigenvalue weighted by Crippen LogP contribution is -2.15. The topological polar surface area (TPSA) is 81.6 Å². The number of carbonyl (C=O) groups is 1. The maximum Gasteiger partial charge on any atom is 0.228 e. The summed E-state index contributed by atoms with van der Waals surface area (Å²) >= 11 is 0. The van der Waals surface area contributed by atoms with Gasteiger partial charge in [0.25, 0.3) is 0 Å². The van der Waals surface area contributed by atoms with E-state index in [2.05, 4.69) is 21.4 Å². The van der Waals surface area contributed by atoms with E-state index >= 15 is 0 Å². The van der Waals surface area contributed by atoms with Crippen molar-refractivity contribution in [3.63, 3.8) is 0 Å². The van der Waals surface area contributed by atoms with Gasteiger partial charge in [0.05, 0.1) is 28.7 Å². The van der Waals surface area contributed by atoms with E-state index in [-0.39, 0.29) is 12.3 Å². The second kappa shape index (κ2) is 5.70. The van der Waals surface area contributed by atoms with Crippen molar-refractivity contribution >= 4 is 22.6 Å². The predicted molar refractivity (Wildman–Crippen MR) is 84.3 cm³/mol. The summed E-state index contributed by atoms with van der Waals surface area (Å²) in [5.74, 6) is 0.692. The third kappa shape index (κ3) is 2.81. The summed E-state index contributed by atoms with van der Waals surface area (Å²) in [6.07, 6.45) is 0.244. The molecule has 22 heavy (non-hydrogen) atoms. The number of aryl methyl sites for hydroxylation is 1. The molecule has 0 spiro atoms. The zero-order chi connectivity index (χ0) is 15.5. The fourth-order valence-electron chi connectivity index (χ4n) is 2.36. The number of nitrogens with one attached hydrogen (secondary N) is 2. The molecule has 0 bridgehead atoms. The van der Waals surface area contributed by atoms with Crippen LogP contribution in [0.5, 0.6) is 0 Å². The lowest BCUT2D eigenvalue weighted by Gasteiger charge is -2.06. The molecule has 108 valence electrons. The number of hydrogen-bond acceptors (Lipinski definition) is 3. The van der Waals surface area contributed by atoms with Crippen LogP contribution in [0.1, 0.15) is 17.0 Å². The second-order valence-electron chi connectivity index (χ2n) is 5.06. The van der Waals surface area contributed by atoms with Crippen LogP contribution in [-0.2, 0) is 11.2 Å². The van der Waals surface area contributed by atoms with Gasteiger partial charge in [-0.25, -0.2) is 4.98 Å². The summed E-state index contributed by atoms with van der Waals surface area (Å²) in [7, 11) is 0. The van der Waals surface area contributed by atoms with Gasteiger partial charge in [0, 0.05) is 0 Å². The summed E-state index contributed by atoms with van der Waals surface area (Å²) in [6.45, 7) is 1.89. The second-order valence-corrected chi connectivity index (χ2v) is 5.06. The Hall–Kier alpha value is -3.13. The fourth-order valence-corrected chi connectivity index (χ4v) is 2.36. The largest absolute Gasteiger partial charge is 0.342 e. The molecule has 0 saturated carbocycles. The summed E-state index contributed by atoms with van der Waals surface area (Å²) in [6, 6.07) is 14.7. The highest BCUT2D eigenvalue weighted by Crippen LogP contribution is 2.16. The van der Waals surface area contributed by atoms with Gasteiger partial charge in [0.2, 0.25) is 5.91 Å². The minimum Gasteiger partial charge on any atom is -0.342 e. The van der Waals surface area contributed by atoms with Crippen molar-refractivity contribution < 1.29 is 4.79 Å². The van der Waals surface area contributed by atoms with E-state index in [4.69, 9.17) is 5.26 Å². The van der Waals surface area contributed by atoms with E-state index in [1.807, 2.05) is 25.1 Å². The van der Waals surface area contributed by atoms with Crippen LogP contribution in [0, 0.1) is 18.3 Å². The Labute approximate surface area is 127 Å². The number of H-pyrrole nitrogens is 1. The molecule has 3 rings (SSSR count). The molecular formula is C17H14N4O. The van der Waals surface area contributed by atoms with Gasteiger partial charge in [-0.05, 0) is 36.8 Å². The molecule has 1 amide bonds. The molecule has 2 N–H and O–H groups in total. The first kappa shape index (κ1) is 13.8. The van der Waals surface area contributed by atoms with Crippen LogP contribution in [0.15, 0.2) is 42.5 Å². The Morgan fingerprint density at radius 1 is 1.32 bits per heavy atom. The first-order chi connectivity index (χ1) is 10.7. The van der Waals surface area contributed by atoms with Crippen LogP contribution in [0.25, 0.3) is 11.0 Å². The zero-order valence-electron chi connectivity index (χ0n) is 12.1. The Morgan fingerprint density at radius 2 is 2.14 bits per heavy atom. The van der Waals surface area contributed by atoms with E-state index in [1.54, 1.807) is 24.3 Å². The third-order valence-electron chi connectivity index (χ3n) is 3.35. The molecule has 3 aromatic rings. The highest BCUT2D eigenvalue weighted by molar-refractivity contribution is 5.94. The van der Waals surface area contributed by atoms with Crippen molar-refractivity contribution in [3.8, 4) is 6.07 Å². The number of rotatable bonds is 3. The molecule has 0 unspecified atom stereocenters. The normalized spacial score (nSPS) is 10.4. The predicted octanol–water partition coefficient (Wildman–Crippen LogP) is 2.92. The van der Waals surface area contributed by atoms with Crippen LogP contribution >= 0.6 is 0 Å². The Balaban J connectivity index is 1.76. The highest BCUT2D eigenvalue weighted by Gasteiger charge is 2.08. The Morgan fingerprint density at radius 3 is 2.95 bits per heavy atom. The Kier molecular flexibility index (Phi) is 3.58. The van der Waals surface area contributed by atoms with Crippen molar-refractivity contribution in [3.05, 3.63) is 59.4 Å². The number of aromatic amines is 1. The van der Waals surface area contributed by atoms with Gasteiger partial charge in [0.1, 0.15) is 11.9 Å². The van der Waals surface area contributed by atoms with Gasteiger partial charge < -0.3 is 10.3 Å². The van der Waals surface area contributed by atoms with E-state index in [0.29, 0.717) is 11.3 Å². The van der Waals surface area contributed by atoms with Crippen LogP contribution in [0.2, 0.25) is 0 Å². The quantitative estimate of drug-likeness (QED) is 0.778. The molecule has 0 aliphatic heterocycles. The maximum atomic E-state index is 12.1. The van der Waals surface area contributed by atoms with Gasteiger partial charge in [-0.1, -0.05) is 18.2 Å². The number of carbonyl (C=O) groups excluding carboxylic acids is 1. The first-order valence-corrected chi connectivity index (χ1v) is 6.90. The van der Waals surface area contributed by atoms with Crippen LogP contribution in [-0.4, -0.2) is 15.9 Å². The number of benzene rings is 2. The van der Waals surface area contributed by atoms with E-state index in [1.165, 1.54) is 0 Å². The van der Waals surface area contributed by atoms with Crippen LogP contribution in [0.4, 0.5) is 5.69 Å². The number of para-hydroxylation sites is 1. The molecule has 0 aliphatic carbocycles. The third-order valence-corrected chi connectivity index (χ3v) is 3.35. The molecule has 0 fully saturated rings. The number of amides is 1. The van der Waals surface area contributed by atoms with Gasteiger partial charge in [-0.15, -0.1) is 0 Å². The van der Waals surface area contributed by atoms with Crippen molar-refractivity contribution in [1.29, 1.82) is 5.26 Å². The number of fused-ring (bicyclic) bond motifs is 1. The van der Waals surface area contributed by atoms with Crippen LogP contribution < -0.4 is 5.32 Å². The molecule has 0 aliphatic rings. The molecular weight excluding hydrogens is 276 g/mol. The minimum absolute atomic E-state index is 0.154. The molecule has 5 heteroatoms. The summed E-state index contributed by atoms with van der Waals surface area (Å²) < 4.78 is 0.